The van der Waals surface area contributed by atoms with E-state index < -0.39 is 6.17 Å². The van der Waals surface area contributed by atoms with Crippen LogP contribution >= 0.6 is 0 Å². The smallest absolute Gasteiger partial charge is 0.166 e. The highest BCUT2D eigenvalue weighted by molar-refractivity contribution is 5.68. The van der Waals surface area contributed by atoms with Crippen molar-refractivity contribution in [2.75, 3.05) is 0 Å². The molecule has 1 unspecified atom stereocenters. The van der Waals surface area contributed by atoms with E-state index in [1.54, 1.807) is 0 Å². The summed E-state index contributed by atoms with van der Waals surface area (Å²) < 4.78 is 0. The number of nitrogens with zero attached hydrogens (tertiary/aromatic N) is 1. The maximum atomic E-state index is 10.6. The maximum absolute atomic E-state index is 10.6. The second kappa shape index (κ2) is 4.89. The molecule has 0 aromatic heterocycles. The van der Waals surface area contributed by atoms with Gasteiger partial charge in [-0.3, -0.25) is 0 Å². The van der Waals surface area contributed by atoms with Gasteiger partial charge in [0, 0.05) is 5.56 Å². The molecular formula is C14H14N2O. The summed E-state index contributed by atoms with van der Waals surface area (Å²) in [5.74, 6) is 0. The standard InChI is InChI=1S/C14H14N2O/c1-10-6-8-11(9-7-10)12-4-2-3-5-13(12)14(15)16-17/h2-9,14H,15H2,1H3. The first-order valence-corrected chi connectivity index (χ1v) is 5.46. The molecule has 2 aromatic rings. The van der Waals surface area contributed by atoms with E-state index in [0.29, 0.717) is 0 Å². The molecule has 0 aliphatic carbocycles. The van der Waals surface area contributed by atoms with Gasteiger partial charge in [-0.15, -0.1) is 4.91 Å². The van der Waals surface area contributed by atoms with Crippen LogP contribution in [0.3, 0.4) is 0 Å². The number of hydrogen-bond acceptors (Lipinski definition) is 3. The minimum atomic E-state index is -0.812. The lowest BCUT2D eigenvalue weighted by atomic mass is 9.97. The number of benzene rings is 2. The summed E-state index contributed by atoms with van der Waals surface area (Å²) in [4.78, 5) is 10.6. The molecule has 2 rings (SSSR count). The van der Waals surface area contributed by atoms with E-state index in [-0.39, 0.29) is 0 Å². The third-order valence-electron chi connectivity index (χ3n) is 2.76. The highest BCUT2D eigenvalue weighted by Crippen LogP contribution is 2.27. The summed E-state index contributed by atoms with van der Waals surface area (Å²) in [6.45, 7) is 2.04. The summed E-state index contributed by atoms with van der Waals surface area (Å²) >= 11 is 0. The van der Waals surface area contributed by atoms with Crippen LogP contribution in [0.5, 0.6) is 0 Å². The molecule has 0 radical (unpaired) electrons. The molecule has 3 heteroatoms. The summed E-state index contributed by atoms with van der Waals surface area (Å²) in [7, 11) is 0. The first-order valence-electron chi connectivity index (χ1n) is 5.46. The maximum Gasteiger partial charge on any atom is 0.166 e. The van der Waals surface area contributed by atoms with E-state index in [1.807, 2.05) is 55.5 Å². The van der Waals surface area contributed by atoms with Crippen molar-refractivity contribution in [3.8, 4) is 11.1 Å². The van der Waals surface area contributed by atoms with Gasteiger partial charge in [-0.05, 0) is 23.2 Å². The molecule has 0 amide bonds. The summed E-state index contributed by atoms with van der Waals surface area (Å²) in [5.41, 5.74) is 9.64. The van der Waals surface area contributed by atoms with Crippen LogP contribution < -0.4 is 5.73 Å². The van der Waals surface area contributed by atoms with Crippen LogP contribution in [0, 0.1) is 11.8 Å². The molecule has 86 valence electrons. The highest BCUT2D eigenvalue weighted by Gasteiger charge is 2.11. The van der Waals surface area contributed by atoms with Gasteiger partial charge in [-0.2, -0.15) is 0 Å². The first kappa shape index (κ1) is 11.5. The van der Waals surface area contributed by atoms with Crippen molar-refractivity contribution in [1.29, 1.82) is 0 Å². The Morgan fingerprint density at radius 3 is 2.35 bits per heavy atom. The zero-order valence-electron chi connectivity index (χ0n) is 9.63. The lowest BCUT2D eigenvalue weighted by molar-refractivity contribution is 0.770. The molecule has 17 heavy (non-hydrogen) atoms. The monoisotopic (exact) mass is 226 g/mol. The van der Waals surface area contributed by atoms with Crippen LogP contribution in [-0.4, -0.2) is 0 Å². The van der Waals surface area contributed by atoms with Gasteiger partial charge in [0.05, 0.1) is 0 Å². The Morgan fingerprint density at radius 1 is 1.06 bits per heavy atom. The van der Waals surface area contributed by atoms with Gasteiger partial charge in [0.1, 0.15) is 0 Å². The van der Waals surface area contributed by atoms with Crippen molar-refractivity contribution in [1.82, 2.24) is 0 Å². The van der Waals surface area contributed by atoms with Gasteiger partial charge in [-0.25, -0.2) is 0 Å². The number of aryl methyl sites for hydroxylation is 1. The van der Waals surface area contributed by atoms with Crippen molar-refractivity contribution in [3.05, 3.63) is 64.6 Å². The first-order chi connectivity index (χ1) is 8.22. The van der Waals surface area contributed by atoms with Crippen molar-refractivity contribution < 1.29 is 0 Å². The lowest BCUT2D eigenvalue weighted by Gasteiger charge is -2.11. The van der Waals surface area contributed by atoms with Gasteiger partial charge < -0.3 is 5.73 Å². The second-order valence-corrected chi connectivity index (χ2v) is 4.00. The third kappa shape index (κ3) is 2.40. The topological polar surface area (TPSA) is 55.4 Å². The van der Waals surface area contributed by atoms with E-state index in [0.717, 1.165) is 16.7 Å². The second-order valence-electron chi connectivity index (χ2n) is 4.00. The normalized spacial score (nSPS) is 12.1. The molecule has 0 saturated carbocycles. The van der Waals surface area contributed by atoms with E-state index in [2.05, 4.69) is 5.18 Å². The van der Waals surface area contributed by atoms with E-state index in [9.17, 15) is 4.91 Å². The Labute approximate surface area is 100 Å². The fourth-order valence-corrected chi connectivity index (χ4v) is 1.81. The Bertz CT molecular complexity index is 520. The van der Waals surface area contributed by atoms with Gasteiger partial charge in [0.2, 0.25) is 0 Å². The van der Waals surface area contributed by atoms with E-state index in [1.165, 1.54) is 5.56 Å². The van der Waals surface area contributed by atoms with Crippen LogP contribution in [-0.2, 0) is 0 Å². The Morgan fingerprint density at radius 2 is 1.71 bits per heavy atom. The third-order valence-corrected chi connectivity index (χ3v) is 2.76. The molecule has 0 aliphatic rings. The van der Waals surface area contributed by atoms with E-state index in [4.69, 9.17) is 5.73 Å². The highest BCUT2D eigenvalue weighted by atomic mass is 16.3. The Kier molecular flexibility index (Phi) is 3.30. The number of rotatable bonds is 3. The van der Waals surface area contributed by atoms with Gasteiger partial charge in [0.15, 0.2) is 6.17 Å². The lowest BCUT2D eigenvalue weighted by Crippen LogP contribution is -2.07. The van der Waals surface area contributed by atoms with Crippen molar-refractivity contribution >= 4 is 0 Å². The molecule has 0 heterocycles. The van der Waals surface area contributed by atoms with E-state index >= 15 is 0 Å². The number of nitrogens with two attached hydrogens (primary N) is 1. The summed E-state index contributed by atoms with van der Waals surface area (Å²) in [5, 5.41) is 2.89. The van der Waals surface area contributed by atoms with Crippen LogP contribution in [0.25, 0.3) is 11.1 Å². The van der Waals surface area contributed by atoms with Crippen LogP contribution in [0.1, 0.15) is 17.3 Å². The van der Waals surface area contributed by atoms with Crippen LogP contribution in [0.4, 0.5) is 0 Å². The summed E-state index contributed by atoms with van der Waals surface area (Å²) in [6.07, 6.45) is -0.812. The summed E-state index contributed by atoms with van der Waals surface area (Å²) in [6, 6.07) is 15.7. The Balaban J connectivity index is 2.51. The zero-order valence-corrected chi connectivity index (χ0v) is 9.63. The molecular weight excluding hydrogens is 212 g/mol. The van der Waals surface area contributed by atoms with Crippen LogP contribution in [0.15, 0.2) is 53.7 Å². The Hall–Kier alpha value is -2.00. The quantitative estimate of drug-likeness (QED) is 0.815. The minimum absolute atomic E-state index is 0.756. The SMILES string of the molecule is Cc1ccc(-c2ccccc2C(N)N=O)cc1. The largest absolute Gasteiger partial charge is 0.303 e. The van der Waals surface area contributed by atoms with Gasteiger partial charge in [0.25, 0.3) is 0 Å². The number of nitroso groups, excluding NO2 is 1. The molecule has 0 spiro atoms. The molecule has 3 nitrogen and oxygen atoms in total. The minimum Gasteiger partial charge on any atom is -0.303 e. The predicted molar refractivity (Wildman–Crippen MR) is 69.3 cm³/mol. The van der Waals surface area contributed by atoms with Gasteiger partial charge in [-0.1, -0.05) is 54.1 Å². The molecule has 1 atom stereocenters. The van der Waals surface area contributed by atoms with Crippen molar-refractivity contribution in [2.45, 2.75) is 13.1 Å². The molecule has 2 N–H and O–H groups in total. The molecule has 0 saturated heterocycles. The molecule has 0 bridgehead atoms. The van der Waals surface area contributed by atoms with Crippen LogP contribution in [0.2, 0.25) is 0 Å². The molecule has 0 fully saturated rings. The van der Waals surface area contributed by atoms with Crippen molar-refractivity contribution in [2.24, 2.45) is 10.9 Å². The average Bonchev–Trinajstić information content (AvgIpc) is 2.39. The predicted octanol–water partition coefficient (Wildman–Crippen LogP) is 3.39. The fourth-order valence-electron chi connectivity index (χ4n) is 1.81. The molecule has 2 aromatic carbocycles. The number of hydrogen-bond donors (Lipinski definition) is 1. The zero-order chi connectivity index (χ0) is 12.3. The average molecular weight is 226 g/mol. The fraction of sp³-hybridized carbons (Fsp3) is 0.143. The van der Waals surface area contributed by atoms with Crippen molar-refractivity contribution in [3.63, 3.8) is 0 Å². The molecule has 0 aliphatic heterocycles. The van der Waals surface area contributed by atoms with Gasteiger partial charge >= 0.3 is 0 Å².